The average molecular weight is 534 g/mol. The van der Waals surface area contributed by atoms with Gasteiger partial charge in [-0.3, -0.25) is 0 Å². The lowest BCUT2D eigenvalue weighted by Crippen LogP contribution is -2.24. The Morgan fingerprint density at radius 3 is 1.75 bits per heavy atom. The predicted octanol–water partition coefficient (Wildman–Crippen LogP) is 8.39. The van der Waals surface area contributed by atoms with E-state index in [0.29, 0.717) is 17.9 Å². The van der Waals surface area contributed by atoms with Gasteiger partial charge >= 0.3 is 0 Å². The lowest BCUT2D eigenvalue weighted by Gasteiger charge is -2.06. The van der Waals surface area contributed by atoms with Gasteiger partial charge in [0, 0.05) is 6.54 Å². The molecule has 2 aromatic carbocycles. The number of unbranched alkanes of at least 4 members (excludes halogenated alkanes) is 10. The Bertz CT molecular complexity index is 963. The number of ether oxygens (including phenoxy) is 1. The second-order valence-electron chi connectivity index (χ2n) is 9.05. The summed E-state index contributed by atoms with van der Waals surface area (Å²) in [6.07, 6.45) is 14.6. The van der Waals surface area contributed by atoms with Gasteiger partial charge in [0.05, 0.1) is 22.9 Å². The van der Waals surface area contributed by atoms with Gasteiger partial charge in [-0.05, 0) is 73.5 Å². The molecule has 8 heteroatoms. The van der Waals surface area contributed by atoms with Gasteiger partial charge in [-0.25, -0.2) is 13.1 Å². The van der Waals surface area contributed by atoms with E-state index < -0.39 is 10.0 Å². The number of thiol groups is 1. The van der Waals surface area contributed by atoms with Gasteiger partial charge in [0.1, 0.15) is 5.75 Å². The first-order valence-electron chi connectivity index (χ1n) is 13.4. The van der Waals surface area contributed by atoms with Gasteiger partial charge in [0.25, 0.3) is 0 Å². The molecule has 0 saturated carbocycles. The van der Waals surface area contributed by atoms with Crippen LogP contribution in [0.2, 0.25) is 0 Å². The molecule has 0 fully saturated rings. The van der Waals surface area contributed by atoms with Crippen LogP contribution in [0.1, 0.15) is 84.0 Å². The summed E-state index contributed by atoms with van der Waals surface area (Å²) < 4.78 is 33.0. The maximum Gasteiger partial charge on any atom is 0.240 e. The third kappa shape index (κ3) is 12.9. The second-order valence-corrected chi connectivity index (χ2v) is 11.3. The van der Waals surface area contributed by atoms with Crippen molar-refractivity contribution in [3.8, 4) is 5.75 Å². The standard InChI is InChI=1S/C28H43N3O3S2/c1-2-3-22-29-36(32,33)28-20-16-26(17-21-28)31-30-25-14-18-27(19-15-25)34-23-12-10-8-6-4-5-7-9-11-13-24-35/h14-21,29,35H,2-13,22-24H2,1H3. The van der Waals surface area contributed by atoms with Gasteiger partial charge in [-0.1, -0.05) is 64.7 Å². The van der Waals surface area contributed by atoms with Crippen molar-refractivity contribution in [2.75, 3.05) is 18.9 Å². The number of rotatable bonds is 20. The second kappa shape index (κ2) is 18.4. The maximum atomic E-state index is 12.3. The van der Waals surface area contributed by atoms with Crippen LogP contribution in [0, 0.1) is 0 Å². The molecule has 0 amide bonds. The van der Waals surface area contributed by atoms with E-state index >= 15 is 0 Å². The van der Waals surface area contributed by atoms with Crippen molar-refractivity contribution in [3.05, 3.63) is 48.5 Å². The van der Waals surface area contributed by atoms with Crippen LogP contribution in [0.5, 0.6) is 5.75 Å². The van der Waals surface area contributed by atoms with Gasteiger partial charge in [0.2, 0.25) is 10.0 Å². The van der Waals surface area contributed by atoms with E-state index in [1.165, 1.54) is 57.8 Å². The Labute approximate surface area is 223 Å². The van der Waals surface area contributed by atoms with Crippen LogP contribution >= 0.6 is 12.6 Å². The molecule has 0 bridgehead atoms. The predicted molar refractivity (Wildman–Crippen MR) is 153 cm³/mol. The highest BCUT2D eigenvalue weighted by Crippen LogP contribution is 2.23. The molecule has 36 heavy (non-hydrogen) atoms. The smallest absolute Gasteiger partial charge is 0.240 e. The SMILES string of the molecule is CCCCNS(=O)(=O)c1ccc(N=Nc2ccc(OCCCCCCCCCCCCS)cc2)cc1. The Morgan fingerprint density at radius 2 is 1.22 bits per heavy atom. The number of benzene rings is 2. The molecule has 0 heterocycles. The summed E-state index contributed by atoms with van der Waals surface area (Å²) in [5.74, 6) is 1.85. The van der Waals surface area contributed by atoms with Crippen molar-refractivity contribution >= 4 is 34.0 Å². The number of hydrogen-bond donors (Lipinski definition) is 2. The highest BCUT2D eigenvalue weighted by molar-refractivity contribution is 7.89. The average Bonchev–Trinajstić information content (AvgIpc) is 2.89. The summed E-state index contributed by atoms with van der Waals surface area (Å²) in [6.45, 7) is 3.19. The molecule has 0 radical (unpaired) electrons. The lowest BCUT2D eigenvalue weighted by molar-refractivity contribution is 0.304. The fraction of sp³-hybridized carbons (Fsp3) is 0.571. The first kappa shape index (κ1) is 30.3. The van der Waals surface area contributed by atoms with Gasteiger partial charge < -0.3 is 4.74 Å². The summed E-state index contributed by atoms with van der Waals surface area (Å²) in [6, 6.07) is 13.9. The van der Waals surface area contributed by atoms with Gasteiger partial charge in [0.15, 0.2) is 0 Å². The summed E-state index contributed by atoms with van der Waals surface area (Å²) in [5, 5.41) is 8.44. The Kier molecular flexibility index (Phi) is 15.5. The molecule has 0 aliphatic rings. The molecular weight excluding hydrogens is 490 g/mol. The molecule has 0 aliphatic heterocycles. The largest absolute Gasteiger partial charge is 0.494 e. The molecule has 0 saturated heterocycles. The topological polar surface area (TPSA) is 80.1 Å². The van der Waals surface area contributed by atoms with E-state index in [4.69, 9.17) is 4.74 Å². The first-order valence-corrected chi connectivity index (χ1v) is 15.5. The molecule has 1 N–H and O–H groups in total. The highest BCUT2D eigenvalue weighted by atomic mass is 32.2. The molecular formula is C28H43N3O3S2. The number of nitrogens with one attached hydrogen (secondary N) is 1. The number of nitrogens with zero attached hydrogens (tertiary/aromatic N) is 2. The Hall–Kier alpha value is -1.90. The molecule has 0 aliphatic carbocycles. The van der Waals surface area contributed by atoms with Crippen LogP contribution < -0.4 is 9.46 Å². The minimum atomic E-state index is -3.48. The fourth-order valence-corrected chi connectivity index (χ4v) is 5.00. The quantitative estimate of drug-likeness (QED) is 0.102. The molecule has 2 aromatic rings. The third-order valence-electron chi connectivity index (χ3n) is 5.91. The third-order valence-corrected chi connectivity index (χ3v) is 7.70. The van der Waals surface area contributed by atoms with Crippen molar-refractivity contribution < 1.29 is 13.2 Å². The van der Waals surface area contributed by atoms with Gasteiger partial charge in [-0.15, -0.1) is 0 Å². The molecule has 200 valence electrons. The fourth-order valence-electron chi connectivity index (χ4n) is 3.70. The van der Waals surface area contributed by atoms with E-state index in [9.17, 15) is 8.42 Å². The van der Waals surface area contributed by atoms with E-state index in [1.807, 2.05) is 31.2 Å². The van der Waals surface area contributed by atoms with Crippen molar-refractivity contribution in [2.45, 2.75) is 88.9 Å². The minimum Gasteiger partial charge on any atom is -0.494 e. The van der Waals surface area contributed by atoms with Gasteiger partial charge in [-0.2, -0.15) is 22.9 Å². The van der Waals surface area contributed by atoms with Crippen molar-refractivity contribution in [1.82, 2.24) is 4.72 Å². The summed E-state index contributed by atoms with van der Waals surface area (Å²) in [4.78, 5) is 0.231. The molecule has 0 aromatic heterocycles. The van der Waals surface area contributed by atoms with Crippen molar-refractivity contribution in [3.63, 3.8) is 0 Å². The monoisotopic (exact) mass is 533 g/mol. The molecule has 2 rings (SSSR count). The van der Waals surface area contributed by atoms with Crippen molar-refractivity contribution in [1.29, 1.82) is 0 Å². The lowest BCUT2D eigenvalue weighted by atomic mass is 10.1. The zero-order chi connectivity index (χ0) is 25.9. The molecule has 0 unspecified atom stereocenters. The molecule has 6 nitrogen and oxygen atoms in total. The maximum absolute atomic E-state index is 12.3. The molecule has 0 spiro atoms. The van der Waals surface area contributed by atoms with Crippen molar-refractivity contribution in [2.24, 2.45) is 10.2 Å². The Morgan fingerprint density at radius 1 is 0.722 bits per heavy atom. The van der Waals surface area contributed by atoms with E-state index in [-0.39, 0.29) is 4.90 Å². The highest BCUT2D eigenvalue weighted by Gasteiger charge is 2.12. The van der Waals surface area contributed by atoms with Crippen LogP contribution in [-0.2, 0) is 10.0 Å². The number of sulfonamides is 1. The summed E-state index contributed by atoms with van der Waals surface area (Å²) in [5.41, 5.74) is 1.31. The van der Waals surface area contributed by atoms with E-state index in [1.54, 1.807) is 24.3 Å². The summed E-state index contributed by atoms with van der Waals surface area (Å²) >= 11 is 4.25. The van der Waals surface area contributed by atoms with E-state index in [0.717, 1.165) is 37.4 Å². The molecule has 0 atom stereocenters. The van der Waals surface area contributed by atoms with Crippen LogP contribution in [0.15, 0.2) is 63.7 Å². The van der Waals surface area contributed by atoms with Crippen LogP contribution in [-0.4, -0.2) is 27.3 Å². The zero-order valence-corrected chi connectivity index (χ0v) is 23.4. The Balaban J connectivity index is 1.63. The zero-order valence-electron chi connectivity index (χ0n) is 21.7. The first-order chi connectivity index (χ1) is 17.5. The number of azo groups is 1. The normalized spacial score (nSPS) is 11.8. The minimum absolute atomic E-state index is 0.231. The van der Waals surface area contributed by atoms with Crippen LogP contribution in [0.25, 0.3) is 0 Å². The van der Waals surface area contributed by atoms with Crippen LogP contribution in [0.3, 0.4) is 0 Å². The van der Waals surface area contributed by atoms with E-state index in [2.05, 4.69) is 27.6 Å². The summed E-state index contributed by atoms with van der Waals surface area (Å²) in [7, 11) is -3.48. The number of hydrogen-bond acceptors (Lipinski definition) is 6. The van der Waals surface area contributed by atoms with Crippen LogP contribution in [0.4, 0.5) is 11.4 Å².